The van der Waals surface area contributed by atoms with Crippen molar-refractivity contribution in [2.45, 2.75) is 25.1 Å². The summed E-state index contributed by atoms with van der Waals surface area (Å²) in [6, 6.07) is 11.7. The number of nitrogens with one attached hydrogen (secondary N) is 2. The standard InChI is InChI=1S/C30H28Cl2FN5O6/c1-38-30(42)20(12-25(40)37-38)28(41)35-23-11-16(33)10-19(27(23)32)17-4-3-5-18(26(17)31)21-7-6-15(29(36-21)43-2)13-34-22-8-9-44-14-24(22)39/h3-7,10-12,22,24,34,39H,8-9,13-14H2,1-2H3,(H,35,41)(H,37,40)/t22-,24+/m1/s1. The van der Waals surface area contributed by atoms with Crippen LogP contribution < -0.4 is 20.9 Å². The highest BCUT2D eigenvalue weighted by atomic mass is 35.5. The Morgan fingerprint density at radius 3 is 2.68 bits per heavy atom. The fourth-order valence-electron chi connectivity index (χ4n) is 4.89. The maximum atomic E-state index is 14.9. The van der Waals surface area contributed by atoms with Gasteiger partial charge in [0.25, 0.3) is 11.5 Å². The number of anilines is 1. The van der Waals surface area contributed by atoms with Gasteiger partial charge in [-0.05, 0) is 24.6 Å². The van der Waals surface area contributed by atoms with Gasteiger partial charge in [0.05, 0.1) is 41.2 Å². The van der Waals surface area contributed by atoms with E-state index in [0.29, 0.717) is 42.3 Å². The second kappa shape index (κ2) is 13.3. The molecule has 0 saturated carbocycles. The fraction of sp³-hybridized carbons (Fsp3) is 0.267. The Hall–Kier alpha value is -4.07. The number of carbonyl (C=O) groups is 1. The molecule has 14 heteroatoms. The minimum atomic E-state index is -0.918. The summed E-state index contributed by atoms with van der Waals surface area (Å²) in [7, 11) is 2.77. The number of methoxy groups -OCH3 is 1. The maximum absolute atomic E-state index is 14.9. The Bertz CT molecular complexity index is 1790. The zero-order valence-electron chi connectivity index (χ0n) is 23.6. The molecule has 1 aliphatic rings. The lowest BCUT2D eigenvalue weighted by Gasteiger charge is -2.28. The van der Waals surface area contributed by atoms with E-state index in [1.54, 1.807) is 24.3 Å². The zero-order valence-corrected chi connectivity index (χ0v) is 25.1. The summed E-state index contributed by atoms with van der Waals surface area (Å²) in [5.74, 6) is -1.82. The van der Waals surface area contributed by atoms with Gasteiger partial charge in [-0.25, -0.2) is 14.1 Å². The summed E-state index contributed by atoms with van der Waals surface area (Å²) < 4.78 is 26.5. The van der Waals surface area contributed by atoms with Crippen molar-refractivity contribution in [2.75, 3.05) is 25.6 Å². The SMILES string of the molecule is COc1nc(-c2cccc(-c3cc(F)cc(NC(=O)c4cc(O)nn(C)c4=O)c3Cl)c2Cl)ccc1CN[C@@H]1CCOC[C@@H]1O. The number of aliphatic hydroxyl groups excluding tert-OH is 1. The van der Waals surface area contributed by atoms with Crippen molar-refractivity contribution in [1.29, 1.82) is 0 Å². The first-order valence-corrected chi connectivity index (χ1v) is 14.2. The van der Waals surface area contributed by atoms with E-state index in [0.717, 1.165) is 22.4 Å². The smallest absolute Gasteiger partial charge is 0.279 e. The molecule has 0 unspecified atom stereocenters. The monoisotopic (exact) mass is 643 g/mol. The van der Waals surface area contributed by atoms with E-state index in [4.69, 9.17) is 32.7 Å². The molecule has 1 saturated heterocycles. The molecular formula is C30H28Cl2FN5O6. The average Bonchev–Trinajstić information content (AvgIpc) is 3.00. The van der Waals surface area contributed by atoms with Gasteiger partial charge in [-0.2, -0.15) is 0 Å². The molecule has 44 heavy (non-hydrogen) atoms. The minimum Gasteiger partial charge on any atom is -0.492 e. The first-order chi connectivity index (χ1) is 21.1. The topological polar surface area (TPSA) is 148 Å². The molecule has 2 aromatic heterocycles. The first kappa shape index (κ1) is 31.4. The number of aromatic nitrogens is 3. The molecule has 0 radical (unpaired) electrons. The predicted molar refractivity (Wildman–Crippen MR) is 163 cm³/mol. The molecule has 2 aromatic carbocycles. The van der Waals surface area contributed by atoms with Crippen LogP contribution in [0.4, 0.5) is 10.1 Å². The highest BCUT2D eigenvalue weighted by molar-refractivity contribution is 6.39. The number of rotatable bonds is 8. The summed E-state index contributed by atoms with van der Waals surface area (Å²) in [5.41, 5.74) is 1.02. The van der Waals surface area contributed by atoms with E-state index in [-0.39, 0.29) is 33.9 Å². The van der Waals surface area contributed by atoms with Crippen LogP contribution in [0.5, 0.6) is 11.8 Å². The van der Waals surface area contributed by atoms with Crippen LogP contribution in [0.3, 0.4) is 0 Å². The van der Waals surface area contributed by atoms with Gasteiger partial charge < -0.3 is 30.3 Å². The van der Waals surface area contributed by atoms with Gasteiger partial charge in [0.15, 0.2) is 0 Å². The summed E-state index contributed by atoms with van der Waals surface area (Å²) >= 11 is 13.5. The Labute approximate surface area is 261 Å². The lowest BCUT2D eigenvalue weighted by atomic mass is 10.00. The molecule has 0 aliphatic carbocycles. The number of nitrogens with zero attached hydrogens (tertiary/aromatic N) is 3. The predicted octanol–water partition coefficient (Wildman–Crippen LogP) is 4.16. The molecule has 1 fully saturated rings. The van der Waals surface area contributed by atoms with Crippen molar-refractivity contribution in [3.05, 3.63) is 85.9 Å². The van der Waals surface area contributed by atoms with E-state index in [9.17, 15) is 24.2 Å². The zero-order chi connectivity index (χ0) is 31.5. The van der Waals surface area contributed by atoms with Crippen molar-refractivity contribution in [2.24, 2.45) is 7.05 Å². The third kappa shape index (κ3) is 6.54. The molecule has 230 valence electrons. The fourth-order valence-corrected chi connectivity index (χ4v) is 5.47. The maximum Gasteiger partial charge on any atom is 0.279 e. The molecule has 4 N–H and O–H groups in total. The largest absolute Gasteiger partial charge is 0.492 e. The third-order valence-electron chi connectivity index (χ3n) is 7.16. The average molecular weight is 644 g/mol. The van der Waals surface area contributed by atoms with Gasteiger partial charge in [-0.3, -0.25) is 9.59 Å². The molecule has 5 rings (SSSR count). The highest BCUT2D eigenvalue weighted by Gasteiger charge is 2.24. The summed E-state index contributed by atoms with van der Waals surface area (Å²) in [5, 5.41) is 29.4. The van der Waals surface area contributed by atoms with Gasteiger partial charge in [-0.15, -0.1) is 5.10 Å². The molecule has 4 aromatic rings. The van der Waals surface area contributed by atoms with Crippen molar-refractivity contribution in [1.82, 2.24) is 20.1 Å². The van der Waals surface area contributed by atoms with Crippen molar-refractivity contribution < 1.29 is 28.9 Å². The Kier molecular flexibility index (Phi) is 9.47. The lowest BCUT2D eigenvalue weighted by Crippen LogP contribution is -2.46. The molecule has 0 bridgehead atoms. The van der Waals surface area contributed by atoms with Crippen molar-refractivity contribution in [3.63, 3.8) is 0 Å². The molecular weight excluding hydrogens is 616 g/mol. The molecule has 2 atom stereocenters. The van der Waals surface area contributed by atoms with Gasteiger partial charge >= 0.3 is 0 Å². The molecule has 1 amide bonds. The van der Waals surface area contributed by atoms with E-state index < -0.39 is 34.8 Å². The molecule has 3 heterocycles. The Morgan fingerprint density at radius 2 is 1.93 bits per heavy atom. The Morgan fingerprint density at radius 1 is 1.16 bits per heavy atom. The number of aromatic hydroxyl groups is 1. The Balaban J connectivity index is 1.45. The van der Waals surface area contributed by atoms with Crippen LogP contribution in [0.25, 0.3) is 22.4 Å². The quantitative estimate of drug-likeness (QED) is 0.222. The van der Waals surface area contributed by atoms with Gasteiger partial charge in [0, 0.05) is 54.6 Å². The first-order valence-electron chi connectivity index (χ1n) is 13.5. The summed E-state index contributed by atoms with van der Waals surface area (Å²) in [6.45, 7) is 1.25. The van der Waals surface area contributed by atoms with Gasteiger partial charge in [-0.1, -0.05) is 47.5 Å². The van der Waals surface area contributed by atoms with Crippen LogP contribution in [0.1, 0.15) is 22.3 Å². The van der Waals surface area contributed by atoms with Gasteiger partial charge in [0.1, 0.15) is 11.4 Å². The number of carbonyl (C=O) groups excluding carboxylic acids is 1. The third-order valence-corrected chi connectivity index (χ3v) is 7.97. The lowest BCUT2D eigenvalue weighted by molar-refractivity contribution is -0.0281. The van der Waals surface area contributed by atoms with Crippen LogP contribution in [-0.2, 0) is 18.3 Å². The summed E-state index contributed by atoms with van der Waals surface area (Å²) in [6.07, 6.45) is 0.0698. The van der Waals surface area contributed by atoms with Crippen LogP contribution in [-0.4, -0.2) is 63.4 Å². The van der Waals surface area contributed by atoms with Crippen LogP contribution in [0, 0.1) is 5.82 Å². The molecule has 1 aliphatic heterocycles. The number of amides is 1. The normalized spacial score (nSPS) is 16.5. The molecule has 11 nitrogen and oxygen atoms in total. The molecule has 0 spiro atoms. The van der Waals surface area contributed by atoms with Crippen molar-refractivity contribution >= 4 is 34.8 Å². The second-order valence-electron chi connectivity index (χ2n) is 10.1. The minimum absolute atomic E-state index is 0.0313. The summed E-state index contributed by atoms with van der Waals surface area (Å²) in [4.78, 5) is 29.9. The van der Waals surface area contributed by atoms with E-state index >= 15 is 0 Å². The van der Waals surface area contributed by atoms with E-state index in [1.165, 1.54) is 20.2 Å². The number of aliphatic hydroxyl groups is 1. The highest BCUT2D eigenvalue weighted by Crippen LogP contribution is 2.42. The number of ether oxygens (including phenoxy) is 2. The second-order valence-corrected chi connectivity index (χ2v) is 10.8. The van der Waals surface area contributed by atoms with E-state index in [1.807, 2.05) is 6.07 Å². The van der Waals surface area contributed by atoms with Crippen LogP contribution in [0.15, 0.2) is 53.3 Å². The number of hydrogen-bond acceptors (Lipinski definition) is 9. The number of pyridine rings is 1. The number of benzene rings is 2. The number of halogens is 3. The van der Waals surface area contributed by atoms with E-state index in [2.05, 4.69) is 20.7 Å². The van der Waals surface area contributed by atoms with Crippen LogP contribution >= 0.6 is 23.2 Å². The van der Waals surface area contributed by atoms with Crippen LogP contribution in [0.2, 0.25) is 10.0 Å². The van der Waals surface area contributed by atoms with Gasteiger partial charge in [0.2, 0.25) is 11.8 Å². The number of hydrogen-bond donors (Lipinski definition) is 4. The number of aryl methyl sites for hydroxylation is 1. The van der Waals surface area contributed by atoms with Crippen molar-refractivity contribution in [3.8, 4) is 34.1 Å².